The van der Waals surface area contributed by atoms with Gasteiger partial charge < -0.3 is 0 Å². The molecular formula is C18H17N5O2S. The predicted octanol–water partition coefficient (Wildman–Crippen LogP) is 2.33. The fraction of sp³-hybridized carbons (Fsp3) is 0.167. The van der Waals surface area contributed by atoms with E-state index in [0.717, 1.165) is 11.4 Å². The highest BCUT2D eigenvalue weighted by molar-refractivity contribution is 7.99. The van der Waals surface area contributed by atoms with Crippen LogP contribution in [-0.2, 0) is 4.79 Å². The van der Waals surface area contributed by atoms with Crippen LogP contribution in [0, 0.1) is 13.8 Å². The van der Waals surface area contributed by atoms with Crippen molar-refractivity contribution in [2.24, 2.45) is 0 Å². The minimum absolute atomic E-state index is 0.0759. The zero-order valence-corrected chi connectivity index (χ0v) is 15.2. The molecule has 0 aliphatic carbocycles. The van der Waals surface area contributed by atoms with E-state index in [9.17, 15) is 9.59 Å². The predicted molar refractivity (Wildman–Crippen MR) is 98.3 cm³/mol. The van der Waals surface area contributed by atoms with Crippen LogP contribution in [0.3, 0.4) is 0 Å². The van der Waals surface area contributed by atoms with E-state index in [1.54, 1.807) is 41.1 Å². The van der Waals surface area contributed by atoms with E-state index < -0.39 is 5.91 Å². The first kappa shape index (κ1) is 17.8. The molecule has 1 N–H and O–H groups in total. The van der Waals surface area contributed by atoms with E-state index in [4.69, 9.17) is 0 Å². The third-order valence-corrected chi connectivity index (χ3v) is 4.41. The lowest BCUT2D eigenvalue weighted by atomic mass is 10.2. The molecule has 132 valence electrons. The second-order valence-corrected chi connectivity index (χ2v) is 6.60. The van der Waals surface area contributed by atoms with Gasteiger partial charge in [-0.3, -0.25) is 14.9 Å². The first-order chi connectivity index (χ1) is 12.5. The number of hydrogen-bond acceptors (Lipinski definition) is 6. The Hall–Kier alpha value is -3.00. The lowest BCUT2D eigenvalue weighted by Crippen LogP contribution is -2.31. The number of benzene rings is 1. The molecule has 0 radical (unpaired) electrons. The molecule has 3 rings (SSSR count). The number of rotatable bonds is 5. The van der Waals surface area contributed by atoms with Crippen LogP contribution in [0.5, 0.6) is 0 Å². The van der Waals surface area contributed by atoms with Gasteiger partial charge in [-0.25, -0.2) is 4.68 Å². The maximum atomic E-state index is 11.9. The minimum atomic E-state index is -0.415. The molecule has 0 aliphatic heterocycles. The monoisotopic (exact) mass is 367 g/mol. The number of aryl methyl sites for hydroxylation is 2. The van der Waals surface area contributed by atoms with E-state index in [1.165, 1.54) is 11.8 Å². The number of hydrogen-bond donors (Lipinski definition) is 1. The summed E-state index contributed by atoms with van der Waals surface area (Å²) in [5.74, 6) is -0.105. The first-order valence-electron chi connectivity index (χ1n) is 7.92. The SMILES string of the molecule is Cc1cc(C)n(-c2ccc(SCC(=O)NC(=O)c3ccccc3)nn2)n1. The van der Waals surface area contributed by atoms with Crippen LogP contribution < -0.4 is 5.32 Å². The van der Waals surface area contributed by atoms with Gasteiger partial charge in [0.25, 0.3) is 5.91 Å². The molecule has 0 fully saturated rings. The van der Waals surface area contributed by atoms with E-state index >= 15 is 0 Å². The third-order valence-electron chi connectivity index (χ3n) is 3.49. The average molecular weight is 367 g/mol. The van der Waals surface area contributed by atoms with Gasteiger partial charge in [-0.2, -0.15) is 5.10 Å². The van der Waals surface area contributed by atoms with Gasteiger partial charge in [0.1, 0.15) is 5.03 Å². The zero-order valence-electron chi connectivity index (χ0n) is 14.3. The summed E-state index contributed by atoms with van der Waals surface area (Å²) in [5.41, 5.74) is 2.32. The topological polar surface area (TPSA) is 89.8 Å². The largest absolute Gasteiger partial charge is 0.292 e. The lowest BCUT2D eigenvalue weighted by Gasteiger charge is -2.05. The molecule has 1 aromatic carbocycles. The van der Waals surface area contributed by atoms with Crippen LogP contribution in [0.2, 0.25) is 0 Å². The van der Waals surface area contributed by atoms with Gasteiger partial charge in [-0.05, 0) is 44.2 Å². The molecule has 0 unspecified atom stereocenters. The molecule has 0 atom stereocenters. The standard InChI is InChI=1S/C18H17N5O2S/c1-12-10-13(2)23(22-12)15-8-9-17(21-20-15)26-11-16(24)19-18(25)14-6-4-3-5-7-14/h3-10H,11H2,1-2H3,(H,19,24,25). The number of carbonyl (C=O) groups is 2. The Kier molecular flexibility index (Phi) is 5.43. The quantitative estimate of drug-likeness (QED) is 0.696. The number of amides is 2. The van der Waals surface area contributed by atoms with Crippen LogP contribution in [0.4, 0.5) is 0 Å². The van der Waals surface area contributed by atoms with Crippen molar-refractivity contribution in [3.8, 4) is 5.82 Å². The molecule has 0 aliphatic rings. The summed E-state index contributed by atoms with van der Waals surface area (Å²) in [6.45, 7) is 3.86. The number of nitrogens with one attached hydrogen (secondary N) is 1. The molecule has 0 spiro atoms. The second kappa shape index (κ2) is 7.92. The maximum absolute atomic E-state index is 11.9. The minimum Gasteiger partial charge on any atom is -0.292 e. The molecule has 0 saturated heterocycles. The maximum Gasteiger partial charge on any atom is 0.257 e. The number of aromatic nitrogens is 4. The third kappa shape index (κ3) is 4.34. The van der Waals surface area contributed by atoms with Gasteiger partial charge in [0, 0.05) is 11.3 Å². The average Bonchev–Trinajstić information content (AvgIpc) is 2.99. The Labute approximate surface area is 154 Å². The Morgan fingerprint density at radius 3 is 2.46 bits per heavy atom. The summed E-state index contributed by atoms with van der Waals surface area (Å²) in [6, 6.07) is 14.1. The van der Waals surface area contributed by atoms with Gasteiger partial charge in [0.05, 0.1) is 11.4 Å². The molecule has 2 aromatic heterocycles. The molecule has 8 heteroatoms. The van der Waals surface area contributed by atoms with Crippen molar-refractivity contribution < 1.29 is 9.59 Å². The highest BCUT2D eigenvalue weighted by atomic mass is 32.2. The molecule has 0 bridgehead atoms. The van der Waals surface area contributed by atoms with Crippen molar-refractivity contribution >= 4 is 23.6 Å². The van der Waals surface area contributed by atoms with Crippen LogP contribution in [0.1, 0.15) is 21.7 Å². The Bertz CT molecular complexity index is 923. The number of thioether (sulfide) groups is 1. The summed E-state index contributed by atoms with van der Waals surface area (Å²) in [4.78, 5) is 23.8. The van der Waals surface area contributed by atoms with Crippen LogP contribution in [0.25, 0.3) is 5.82 Å². The van der Waals surface area contributed by atoms with Gasteiger partial charge in [0.15, 0.2) is 5.82 Å². The smallest absolute Gasteiger partial charge is 0.257 e. The number of imide groups is 1. The van der Waals surface area contributed by atoms with Crippen LogP contribution in [0.15, 0.2) is 53.6 Å². The summed E-state index contributed by atoms with van der Waals surface area (Å²) in [5, 5.41) is 15.5. The van der Waals surface area contributed by atoms with E-state index in [1.807, 2.05) is 26.0 Å². The van der Waals surface area contributed by atoms with Gasteiger partial charge in [-0.1, -0.05) is 30.0 Å². The van der Waals surface area contributed by atoms with Crippen molar-refractivity contribution in [2.45, 2.75) is 18.9 Å². The van der Waals surface area contributed by atoms with E-state index in [0.29, 0.717) is 16.4 Å². The summed E-state index contributed by atoms with van der Waals surface area (Å²) in [6.07, 6.45) is 0. The molecule has 3 aromatic rings. The van der Waals surface area contributed by atoms with Crippen molar-refractivity contribution in [2.75, 3.05) is 5.75 Å². The molecular weight excluding hydrogens is 350 g/mol. The fourth-order valence-corrected chi connectivity index (χ4v) is 2.94. The van der Waals surface area contributed by atoms with Crippen molar-refractivity contribution in [3.05, 3.63) is 65.5 Å². The lowest BCUT2D eigenvalue weighted by molar-refractivity contribution is -0.117. The fourth-order valence-electron chi connectivity index (χ4n) is 2.33. The van der Waals surface area contributed by atoms with Crippen molar-refractivity contribution in [1.29, 1.82) is 0 Å². The number of carbonyl (C=O) groups excluding carboxylic acids is 2. The highest BCUT2D eigenvalue weighted by Crippen LogP contribution is 2.16. The molecule has 2 heterocycles. The van der Waals surface area contributed by atoms with E-state index in [2.05, 4.69) is 20.6 Å². The first-order valence-corrected chi connectivity index (χ1v) is 8.91. The summed E-state index contributed by atoms with van der Waals surface area (Å²) >= 11 is 1.21. The second-order valence-electron chi connectivity index (χ2n) is 5.60. The van der Waals surface area contributed by atoms with Crippen LogP contribution >= 0.6 is 11.8 Å². The van der Waals surface area contributed by atoms with Gasteiger partial charge in [0.2, 0.25) is 5.91 Å². The summed E-state index contributed by atoms with van der Waals surface area (Å²) in [7, 11) is 0. The Morgan fingerprint density at radius 1 is 1.08 bits per heavy atom. The molecule has 26 heavy (non-hydrogen) atoms. The normalized spacial score (nSPS) is 10.5. The van der Waals surface area contributed by atoms with Gasteiger partial charge in [-0.15, -0.1) is 10.2 Å². The molecule has 0 saturated carbocycles. The molecule has 7 nitrogen and oxygen atoms in total. The van der Waals surface area contributed by atoms with Crippen molar-refractivity contribution in [1.82, 2.24) is 25.3 Å². The Morgan fingerprint density at radius 2 is 1.85 bits per heavy atom. The zero-order chi connectivity index (χ0) is 18.5. The summed E-state index contributed by atoms with van der Waals surface area (Å²) < 4.78 is 1.71. The Balaban J connectivity index is 1.55. The molecule has 2 amide bonds. The van der Waals surface area contributed by atoms with Gasteiger partial charge >= 0.3 is 0 Å². The highest BCUT2D eigenvalue weighted by Gasteiger charge is 2.11. The van der Waals surface area contributed by atoms with Crippen LogP contribution in [-0.4, -0.2) is 37.5 Å². The number of nitrogens with zero attached hydrogens (tertiary/aromatic N) is 4. The van der Waals surface area contributed by atoms with Crippen molar-refractivity contribution in [3.63, 3.8) is 0 Å². The van der Waals surface area contributed by atoms with E-state index in [-0.39, 0.29) is 11.7 Å².